The summed E-state index contributed by atoms with van der Waals surface area (Å²) in [6.45, 7) is 7.18. The van der Waals surface area contributed by atoms with Gasteiger partial charge in [-0.2, -0.15) is 0 Å². The number of hydrogen-bond acceptors (Lipinski definition) is 0. The molecule has 0 radical (unpaired) electrons. The normalized spacial score (nSPS) is 17.3. The van der Waals surface area contributed by atoms with Crippen molar-refractivity contribution in [2.45, 2.75) is 59.6 Å². The number of rotatable bonds is 10. The van der Waals surface area contributed by atoms with Crippen LogP contribution in [0.25, 0.3) is 12.2 Å². The van der Waals surface area contributed by atoms with Crippen LogP contribution in [0.2, 0.25) is 0 Å². The molecule has 42 heavy (non-hydrogen) atoms. The number of hydrogen-bond donors (Lipinski definition) is 0. The summed E-state index contributed by atoms with van der Waals surface area (Å²) in [5, 5.41) is 0. The minimum Gasteiger partial charge on any atom is -0.147 e. The average Bonchev–Trinajstić information content (AvgIpc) is 3.59. The Hall–Kier alpha value is -1.96. The quantitative estimate of drug-likeness (QED) is 0.146. The summed E-state index contributed by atoms with van der Waals surface area (Å²) in [4.78, 5) is 0. The van der Waals surface area contributed by atoms with Gasteiger partial charge in [-0.15, -0.1) is 24.8 Å². The van der Waals surface area contributed by atoms with E-state index in [-0.39, 0.29) is 24.8 Å². The Morgan fingerprint density at radius 1 is 0.524 bits per heavy atom. The second-order valence-electron chi connectivity index (χ2n) is 12.1. The van der Waals surface area contributed by atoms with Crippen molar-refractivity contribution in [3.05, 3.63) is 143 Å². The van der Waals surface area contributed by atoms with E-state index < -0.39 is 17.4 Å². The Balaban J connectivity index is 0.00000202. The molecule has 0 nitrogen and oxygen atoms in total. The minimum absolute atomic E-state index is 0. The molecular formula is C38H44Cl2SiZr. The Morgan fingerprint density at radius 3 is 1.26 bits per heavy atom. The van der Waals surface area contributed by atoms with Crippen LogP contribution >= 0.6 is 24.8 Å². The van der Waals surface area contributed by atoms with E-state index in [1.165, 1.54) is 49.7 Å². The number of unbranched alkanes of at least 4 members (excludes halogenated alkanes) is 2. The smallest absolute Gasteiger partial charge is 0.147 e. The summed E-state index contributed by atoms with van der Waals surface area (Å²) in [6.07, 6.45) is 12.5. The van der Waals surface area contributed by atoms with Crippen molar-refractivity contribution in [2.24, 2.45) is 0 Å². The summed E-state index contributed by atoms with van der Waals surface area (Å²) in [5.74, 6) is 0. The summed E-state index contributed by atoms with van der Waals surface area (Å²) in [6, 6.07) is 42.5. The second-order valence-corrected chi connectivity index (χ2v) is 34.8. The van der Waals surface area contributed by atoms with E-state index in [1.54, 1.807) is 28.8 Å². The van der Waals surface area contributed by atoms with Gasteiger partial charge in [0, 0.05) is 0 Å². The number of allylic oxidation sites excluding steroid dienone is 2. The maximum absolute atomic E-state index is 4.44. The molecule has 4 heteroatoms. The van der Waals surface area contributed by atoms with Crippen LogP contribution in [0.5, 0.6) is 0 Å². The van der Waals surface area contributed by atoms with Gasteiger partial charge in [0.15, 0.2) is 0 Å². The Kier molecular flexibility index (Phi) is 10.8. The van der Waals surface area contributed by atoms with Crippen LogP contribution in [0.4, 0.5) is 0 Å². The zero-order chi connectivity index (χ0) is 27.6. The summed E-state index contributed by atoms with van der Waals surface area (Å²) < 4.78 is 4.13. The third-order valence-electron chi connectivity index (χ3n) is 9.91. The first-order valence-electron chi connectivity index (χ1n) is 15.3. The molecular weight excluding hydrogens is 647 g/mol. The Bertz CT molecular complexity index is 1520. The predicted octanol–water partition coefficient (Wildman–Crippen LogP) is 9.38. The van der Waals surface area contributed by atoms with Crippen LogP contribution in [-0.4, -0.2) is 6.88 Å². The van der Waals surface area contributed by atoms with Crippen LogP contribution < -0.4 is 6.54 Å². The van der Waals surface area contributed by atoms with Gasteiger partial charge < -0.3 is 0 Å². The maximum Gasteiger partial charge on any atom is -0.147 e. The Labute approximate surface area is 268 Å². The fourth-order valence-electron chi connectivity index (χ4n) is 8.19. The zero-order valence-electron chi connectivity index (χ0n) is 25.0. The molecule has 0 bridgehead atoms. The van der Waals surface area contributed by atoms with E-state index in [0.29, 0.717) is 7.25 Å². The van der Waals surface area contributed by atoms with Gasteiger partial charge in [-0.3, -0.25) is 0 Å². The molecule has 6 rings (SSSR count). The summed E-state index contributed by atoms with van der Waals surface area (Å²) in [5.41, 5.74) is 9.39. The van der Waals surface area contributed by atoms with Crippen molar-refractivity contribution in [3.63, 3.8) is 0 Å². The molecule has 4 aromatic rings. The van der Waals surface area contributed by atoms with Crippen LogP contribution in [0.15, 0.2) is 120 Å². The molecule has 2 atom stereocenters. The van der Waals surface area contributed by atoms with Crippen LogP contribution in [0, 0.1) is 0 Å². The predicted molar refractivity (Wildman–Crippen MR) is 189 cm³/mol. The van der Waals surface area contributed by atoms with Gasteiger partial charge in [0.1, 0.15) is 0 Å². The van der Waals surface area contributed by atoms with Gasteiger partial charge in [-0.25, -0.2) is 0 Å². The topological polar surface area (TPSA) is 0 Å². The largest absolute Gasteiger partial charge is 0.147 e. The van der Waals surface area contributed by atoms with E-state index in [0.717, 1.165) is 0 Å². The van der Waals surface area contributed by atoms with Crippen molar-refractivity contribution in [2.75, 3.05) is 0 Å². The molecule has 2 unspecified atom stereocenters. The van der Waals surface area contributed by atoms with Crippen LogP contribution in [0.3, 0.4) is 0 Å². The summed E-state index contributed by atoms with van der Waals surface area (Å²) in [7, 11) is 0. The molecule has 0 amide bonds. The molecule has 0 saturated carbocycles. The van der Waals surface area contributed by atoms with Crippen LogP contribution in [0.1, 0.15) is 81.9 Å². The SMILES string of the molecule is CCCCC1=Cc2ccccc2[CH]1[Zr](=[SiH2])([c]1ccccc1)([c]1ccccc1)[CH]1C(CCCC)=Cc2ccccc21.Cl.Cl. The fraction of sp³-hybridized carbons (Fsp3) is 0.263. The molecule has 0 N–H and O–H groups in total. The van der Waals surface area contributed by atoms with Crippen molar-refractivity contribution < 1.29 is 17.4 Å². The Morgan fingerprint density at radius 2 is 0.881 bits per heavy atom. The minimum atomic E-state index is -4.44. The number of fused-ring (bicyclic) bond motifs is 2. The van der Waals surface area contributed by atoms with Crippen molar-refractivity contribution in [1.29, 1.82) is 0 Å². The van der Waals surface area contributed by atoms with E-state index in [9.17, 15) is 0 Å². The molecule has 0 saturated heterocycles. The van der Waals surface area contributed by atoms with Crippen LogP contribution in [-0.2, 0) is 17.4 Å². The maximum atomic E-state index is 2.60. The molecule has 2 aliphatic carbocycles. The van der Waals surface area contributed by atoms with E-state index >= 15 is 0 Å². The standard InChI is InChI=1S/2C13H15.2C6H5.2ClH.H2Si.Zr/c2*1-2-3-6-11-9-12-7-4-5-8-13(12)10-11;2*1-2-4-6-5-3-1;;;;/h2*4-5,7-10H,2-3,6H2,1H3;2*1-5H;2*1H;1H2;. The molecule has 4 aromatic carbocycles. The van der Waals surface area contributed by atoms with Gasteiger partial charge in [0.25, 0.3) is 0 Å². The molecule has 2 aliphatic rings. The molecule has 0 aliphatic heterocycles. The van der Waals surface area contributed by atoms with Gasteiger partial charge in [0.2, 0.25) is 0 Å². The first kappa shape index (κ1) is 32.9. The second kappa shape index (κ2) is 13.8. The van der Waals surface area contributed by atoms with Crippen molar-refractivity contribution >= 4 is 50.4 Å². The number of benzene rings is 4. The first-order chi connectivity index (χ1) is 19.6. The molecule has 218 valence electrons. The molecule has 0 aromatic heterocycles. The third-order valence-corrected chi connectivity index (χ3v) is 37.7. The van der Waals surface area contributed by atoms with Crippen molar-refractivity contribution in [3.8, 4) is 0 Å². The van der Waals surface area contributed by atoms with Gasteiger partial charge >= 0.3 is 245 Å². The average molecular weight is 691 g/mol. The monoisotopic (exact) mass is 688 g/mol. The van der Waals surface area contributed by atoms with E-state index in [1.807, 2.05) is 0 Å². The fourth-order valence-corrected chi connectivity index (χ4v) is 36.5. The summed E-state index contributed by atoms with van der Waals surface area (Å²) >= 11 is -4.44. The zero-order valence-corrected chi connectivity index (χ0v) is 30.5. The van der Waals surface area contributed by atoms with E-state index in [2.05, 4.69) is 142 Å². The molecule has 0 spiro atoms. The van der Waals surface area contributed by atoms with Gasteiger partial charge in [-0.05, 0) is 0 Å². The van der Waals surface area contributed by atoms with E-state index in [4.69, 9.17) is 0 Å². The van der Waals surface area contributed by atoms with Gasteiger partial charge in [-0.1, -0.05) is 0 Å². The first-order valence-corrected chi connectivity index (χ1v) is 26.6. The third kappa shape index (κ3) is 5.21. The number of halogens is 2. The molecule has 0 fully saturated rings. The molecule has 0 heterocycles. The van der Waals surface area contributed by atoms with Crippen molar-refractivity contribution in [1.82, 2.24) is 0 Å². The van der Waals surface area contributed by atoms with Gasteiger partial charge in [0.05, 0.1) is 0 Å².